The lowest BCUT2D eigenvalue weighted by molar-refractivity contribution is -0.139. The summed E-state index contributed by atoms with van der Waals surface area (Å²) in [6.45, 7) is 1.54. The van der Waals surface area contributed by atoms with E-state index < -0.39 is 11.9 Å². The summed E-state index contributed by atoms with van der Waals surface area (Å²) < 4.78 is 38.8. The van der Waals surface area contributed by atoms with E-state index in [9.17, 15) is 13.2 Å². The Kier molecular flexibility index (Phi) is 1.77. The molecule has 0 atom stereocenters. The molecular formula is C9H7F3N2. The van der Waals surface area contributed by atoms with Gasteiger partial charge in [-0.25, -0.2) is 4.98 Å². The van der Waals surface area contributed by atoms with Crippen molar-refractivity contribution in [3.63, 3.8) is 0 Å². The second-order valence-corrected chi connectivity index (χ2v) is 2.96. The first-order valence-electron chi connectivity index (χ1n) is 4.01. The van der Waals surface area contributed by atoms with Gasteiger partial charge in [-0.05, 0) is 19.1 Å². The van der Waals surface area contributed by atoms with E-state index in [1.807, 2.05) is 0 Å². The molecule has 0 aliphatic carbocycles. The first-order chi connectivity index (χ1) is 6.50. The highest BCUT2D eigenvalue weighted by Gasteiger charge is 2.36. The number of alkyl halides is 3. The molecule has 0 saturated carbocycles. The van der Waals surface area contributed by atoms with E-state index in [1.165, 1.54) is 10.5 Å². The maximum absolute atomic E-state index is 12.5. The average Bonchev–Trinajstić information content (AvgIpc) is 2.44. The monoisotopic (exact) mass is 200 g/mol. The lowest BCUT2D eigenvalue weighted by Crippen LogP contribution is -2.05. The SMILES string of the molecule is Cc1nc(C(F)(F)F)c2ccccn12. The van der Waals surface area contributed by atoms with Crippen LogP contribution in [0.25, 0.3) is 5.52 Å². The van der Waals surface area contributed by atoms with Crippen LogP contribution < -0.4 is 0 Å². The molecule has 0 spiro atoms. The molecule has 0 saturated heterocycles. The number of halogens is 3. The van der Waals surface area contributed by atoms with Gasteiger partial charge in [-0.1, -0.05) is 6.07 Å². The van der Waals surface area contributed by atoms with Gasteiger partial charge in [0.2, 0.25) is 0 Å². The molecular weight excluding hydrogens is 193 g/mol. The van der Waals surface area contributed by atoms with Crippen LogP contribution in [0.15, 0.2) is 24.4 Å². The quantitative estimate of drug-likeness (QED) is 0.639. The standard InChI is InChI=1S/C9H7F3N2/c1-6-13-8(9(10,11)12)7-4-2-3-5-14(6)7/h2-5H,1H3. The molecule has 2 aromatic heterocycles. The van der Waals surface area contributed by atoms with E-state index >= 15 is 0 Å². The Morgan fingerprint density at radius 3 is 2.64 bits per heavy atom. The van der Waals surface area contributed by atoms with Gasteiger partial charge in [0.1, 0.15) is 5.82 Å². The third-order valence-electron chi connectivity index (χ3n) is 1.99. The Bertz CT molecular complexity index is 470. The molecule has 0 amide bonds. The number of aryl methyl sites for hydroxylation is 1. The maximum atomic E-state index is 12.5. The number of aromatic nitrogens is 2. The highest BCUT2D eigenvalue weighted by Crippen LogP contribution is 2.31. The lowest BCUT2D eigenvalue weighted by atomic mass is 10.3. The highest BCUT2D eigenvalue weighted by atomic mass is 19.4. The highest BCUT2D eigenvalue weighted by molar-refractivity contribution is 5.54. The Morgan fingerprint density at radius 2 is 2.00 bits per heavy atom. The molecule has 2 heterocycles. The second-order valence-electron chi connectivity index (χ2n) is 2.96. The predicted octanol–water partition coefficient (Wildman–Crippen LogP) is 2.66. The van der Waals surface area contributed by atoms with E-state index in [0.29, 0.717) is 5.82 Å². The Hall–Kier alpha value is -1.52. The van der Waals surface area contributed by atoms with E-state index in [2.05, 4.69) is 4.98 Å². The Balaban J connectivity index is 2.80. The van der Waals surface area contributed by atoms with Crippen LogP contribution in [-0.4, -0.2) is 9.38 Å². The molecule has 2 aromatic rings. The van der Waals surface area contributed by atoms with Crippen molar-refractivity contribution < 1.29 is 13.2 Å². The molecule has 0 aliphatic rings. The van der Waals surface area contributed by atoms with Crippen LogP contribution in [0.4, 0.5) is 13.2 Å². The van der Waals surface area contributed by atoms with Crippen molar-refractivity contribution in [2.75, 3.05) is 0 Å². The summed E-state index contributed by atoms with van der Waals surface area (Å²) in [7, 11) is 0. The molecule has 0 aliphatic heterocycles. The van der Waals surface area contributed by atoms with Crippen molar-refractivity contribution in [3.05, 3.63) is 35.9 Å². The fourth-order valence-corrected chi connectivity index (χ4v) is 1.40. The van der Waals surface area contributed by atoms with E-state index in [4.69, 9.17) is 0 Å². The molecule has 0 bridgehead atoms. The first-order valence-corrected chi connectivity index (χ1v) is 4.01. The molecule has 5 heteroatoms. The zero-order chi connectivity index (χ0) is 10.3. The van der Waals surface area contributed by atoms with Gasteiger partial charge in [-0.15, -0.1) is 0 Å². The third kappa shape index (κ3) is 1.25. The summed E-state index contributed by atoms with van der Waals surface area (Å²) in [5.41, 5.74) is -0.729. The zero-order valence-corrected chi connectivity index (χ0v) is 7.34. The largest absolute Gasteiger partial charge is 0.435 e. The fraction of sp³-hybridized carbons (Fsp3) is 0.222. The smallest absolute Gasteiger partial charge is 0.303 e. The predicted molar refractivity (Wildman–Crippen MR) is 44.9 cm³/mol. The number of rotatable bonds is 0. The molecule has 0 fully saturated rings. The number of imidazole rings is 1. The van der Waals surface area contributed by atoms with Crippen molar-refractivity contribution in [2.24, 2.45) is 0 Å². The van der Waals surface area contributed by atoms with Gasteiger partial charge in [-0.3, -0.25) is 0 Å². The van der Waals surface area contributed by atoms with Crippen molar-refractivity contribution in [3.8, 4) is 0 Å². The number of hydrogen-bond acceptors (Lipinski definition) is 1. The van der Waals surface area contributed by atoms with Crippen LogP contribution in [0, 0.1) is 6.92 Å². The summed E-state index contributed by atoms with van der Waals surface area (Å²) in [4.78, 5) is 3.50. The Morgan fingerprint density at radius 1 is 1.29 bits per heavy atom. The van der Waals surface area contributed by atoms with Crippen LogP contribution >= 0.6 is 0 Å². The Labute approximate surface area is 78.0 Å². The number of pyridine rings is 1. The molecule has 0 N–H and O–H groups in total. The van der Waals surface area contributed by atoms with Crippen LogP contribution in [0.2, 0.25) is 0 Å². The van der Waals surface area contributed by atoms with Crippen LogP contribution in [0.1, 0.15) is 11.5 Å². The van der Waals surface area contributed by atoms with Crippen molar-refractivity contribution >= 4 is 5.52 Å². The van der Waals surface area contributed by atoms with Gasteiger partial charge in [0.05, 0.1) is 5.52 Å². The van der Waals surface area contributed by atoms with Gasteiger partial charge >= 0.3 is 6.18 Å². The van der Waals surface area contributed by atoms with Gasteiger partial charge in [0, 0.05) is 6.20 Å². The molecule has 0 aromatic carbocycles. The minimum Gasteiger partial charge on any atom is -0.303 e. The van der Waals surface area contributed by atoms with Gasteiger partial charge in [-0.2, -0.15) is 13.2 Å². The van der Waals surface area contributed by atoms with E-state index in [0.717, 1.165) is 0 Å². The zero-order valence-electron chi connectivity index (χ0n) is 7.34. The summed E-state index contributed by atoms with van der Waals surface area (Å²) in [6, 6.07) is 4.64. The van der Waals surface area contributed by atoms with Gasteiger partial charge < -0.3 is 4.40 Å². The maximum Gasteiger partial charge on any atom is 0.435 e. The van der Waals surface area contributed by atoms with Crippen molar-refractivity contribution in [1.29, 1.82) is 0 Å². The average molecular weight is 200 g/mol. The summed E-state index contributed by atoms with van der Waals surface area (Å²) in [6.07, 6.45) is -2.83. The van der Waals surface area contributed by atoms with Crippen molar-refractivity contribution in [1.82, 2.24) is 9.38 Å². The topological polar surface area (TPSA) is 17.3 Å². The normalized spacial score (nSPS) is 12.3. The summed E-state index contributed by atoms with van der Waals surface area (Å²) in [5, 5.41) is 0. The fourth-order valence-electron chi connectivity index (χ4n) is 1.40. The molecule has 0 radical (unpaired) electrons. The van der Waals surface area contributed by atoms with Gasteiger partial charge in [0.25, 0.3) is 0 Å². The first kappa shape index (κ1) is 9.05. The number of nitrogens with zero attached hydrogens (tertiary/aromatic N) is 2. The van der Waals surface area contributed by atoms with Gasteiger partial charge in [0.15, 0.2) is 5.69 Å². The summed E-state index contributed by atoms with van der Waals surface area (Å²) in [5.74, 6) is 0.341. The molecule has 14 heavy (non-hydrogen) atoms. The minimum absolute atomic E-state index is 0.0949. The minimum atomic E-state index is -4.39. The van der Waals surface area contributed by atoms with Crippen LogP contribution in [0.5, 0.6) is 0 Å². The molecule has 2 nitrogen and oxygen atoms in total. The number of fused-ring (bicyclic) bond motifs is 1. The van der Waals surface area contributed by atoms with E-state index in [-0.39, 0.29) is 5.52 Å². The lowest BCUT2D eigenvalue weighted by Gasteiger charge is -2.02. The summed E-state index contributed by atoms with van der Waals surface area (Å²) >= 11 is 0. The molecule has 0 unspecified atom stereocenters. The van der Waals surface area contributed by atoms with Crippen molar-refractivity contribution in [2.45, 2.75) is 13.1 Å². The molecule has 2 rings (SSSR count). The number of hydrogen-bond donors (Lipinski definition) is 0. The third-order valence-corrected chi connectivity index (χ3v) is 1.99. The van der Waals surface area contributed by atoms with Crippen LogP contribution in [0.3, 0.4) is 0 Å². The molecule has 74 valence electrons. The second kappa shape index (κ2) is 2.73. The van der Waals surface area contributed by atoms with Crippen LogP contribution in [-0.2, 0) is 6.18 Å². The van der Waals surface area contributed by atoms with E-state index in [1.54, 1.807) is 25.3 Å².